The SMILES string of the molecule is COc1ccc(S(=O)(=O)N2CCN(c3ccccc3F)CC2)cc1I. The van der Waals surface area contributed by atoms with E-state index in [1.54, 1.807) is 43.5 Å². The Morgan fingerprint density at radius 1 is 1.08 bits per heavy atom. The number of benzene rings is 2. The lowest BCUT2D eigenvalue weighted by molar-refractivity contribution is 0.383. The lowest BCUT2D eigenvalue weighted by Crippen LogP contribution is -2.48. The van der Waals surface area contributed by atoms with E-state index < -0.39 is 10.0 Å². The second-order valence-corrected chi connectivity index (χ2v) is 8.74. The Morgan fingerprint density at radius 3 is 2.36 bits per heavy atom. The standard InChI is InChI=1S/C17H18FIN2O3S/c1-24-17-7-6-13(12-15(17)19)25(22,23)21-10-8-20(9-11-21)16-5-3-2-4-14(16)18/h2-7,12H,8-11H2,1H3. The normalized spacial score (nSPS) is 16.0. The molecule has 0 unspecified atom stereocenters. The van der Waals surface area contributed by atoms with Crippen molar-refractivity contribution < 1.29 is 17.5 Å². The van der Waals surface area contributed by atoms with Gasteiger partial charge in [0.1, 0.15) is 11.6 Å². The van der Waals surface area contributed by atoms with Gasteiger partial charge in [-0.1, -0.05) is 12.1 Å². The molecule has 1 saturated heterocycles. The highest BCUT2D eigenvalue weighted by Crippen LogP contribution is 2.27. The number of halogens is 2. The number of para-hydroxylation sites is 1. The molecule has 8 heteroatoms. The summed E-state index contributed by atoms with van der Waals surface area (Å²) in [6.45, 7) is 1.54. The smallest absolute Gasteiger partial charge is 0.243 e. The van der Waals surface area contributed by atoms with E-state index >= 15 is 0 Å². The summed E-state index contributed by atoms with van der Waals surface area (Å²) in [5.41, 5.74) is 0.513. The molecule has 3 rings (SSSR count). The molecule has 0 atom stereocenters. The van der Waals surface area contributed by atoms with Crippen molar-refractivity contribution >= 4 is 38.3 Å². The topological polar surface area (TPSA) is 49.9 Å². The number of methoxy groups -OCH3 is 1. The van der Waals surface area contributed by atoms with Gasteiger partial charge in [-0.25, -0.2) is 12.8 Å². The number of piperazine rings is 1. The van der Waals surface area contributed by atoms with Crippen LogP contribution < -0.4 is 9.64 Å². The maximum Gasteiger partial charge on any atom is 0.243 e. The van der Waals surface area contributed by atoms with Gasteiger partial charge >= 0.3 is 0 Å². The highest BCUT2D eigenvalue weighted by atomic mass is 127. The number of nitrogens with zero attached hydrogens (tertiary/aromatic N) is 2. The van der Waals surface area contributed by atoms with Gasteiger partial charge in [-0.2, -0.15) is 4.31 Å². The fraction of sp³-hybridized carbons (Fsp3) is 0.294. The van der Waals surface area contributed by atoms with Crippen LogP contribution in [0.5, 0.6) is 5.75 Å². The number of rotatable bonds is 4. The zero-order chi connectivity index (χ0) is 18.0. The van der Waals surface area contributed by atoms with Crippen LogP contribution in [0, 0.1) is 9.39 Å². The first kappa shape index (κ1) is 18.4. The lowest BCUT2D eigenvalue weighted by atomic mass is 10.2. The van der Waals surface area contributed by atoms with E-state index in [2.05, 4.69) is 22.6 Å². The summed E-state index contributed by atoms with van der Waals surface area (Å²) in [5.74, 6) is 0.354. The Balaban J connectivity index is 1.76. The third kappa shape index (κ3) is 3.75. The summed E-state index contributed by atoms with van der Waals surface area (Å²) >= 11 is 2.05. The molecule has 1 aliphatic rings. The van der Waals surface area contributed by atoms with E-state index in [1.165, 1.54) is 10.4 Å². The molecule has 1 aliphatic heterocycles. The number of ether oxygens (including phenoxy) is 1. The van der Waals surface area contributed by atoms with E-state index in [0.717, 1.165) is 3.57 Å². The van der Waals surface area contributed by atoms with Crippen LogP contribution in [0.1, 0.15) is 0 Å². The molecule has 2 aromatic carbocycles. The van der Waals surface area contributed by atoms with Gasteiger partial charge in [-0.05, 0) is 52.9 Å². The Hall–Kier alpha value is -1.39. The third-order valence-corrected chi connectivity index (χ3v) is 6.93. The molecular weight excluding hydrogens is 458 g/mol. The van der Waals surface area contributed by atoms with Crippen LogP contribution in [-0.4, -0.2) is 46.0 Å². The van der Waals surface area contributed by atoms with Gasteiger partial charge in [-0.15, -0.1) is 0 Å². The lowest BCUT2D eigenvalue weighted by Gasteiger charge is -2.35. The zero-order valence-electron chi connectivity index (χ0n) is 13.7. The van der Waals surface area contributed by atoms with Crippen LogP contribution in [0.25, 0.3) is 0 Å². The summed E-state index contributed by atoms with van der Waals surface area (Å²) < 4.78 is 46.9. The molecule has 1 heterocycles. The first-order valence-electron chi connectivity index (χ1n) is 7.76. The quantitative estimate of drug-likeness (QED) is 0.637. The van der Waals surface area contributed by atoms with Crippen LogP contribution in [0.3, 0.4) is 0 Å². The van der Waals surface area contributed by atoms with E-state index in [-0.39, 0.29) is 10.7 Å². The van der Waals surface area contributed by atoms with Crippen molar-refractivity contribution in [2.24, 2.45) is 0 Å². The van der Waals surface area contributed by atoms with Crippen molar-refractivity contribution in [1.82, 2.24) is 4.31 Å². The van der Waals surface area contributed by atoms with Crippen molar-refractivity contribution in [3.63, 3.8) is 0 Å². The fourth-order valence-corrected chi connectivity index (χ4v) is 5.23. The van der Waals surface area contributed by atoms with Gasteiger partial charge in [0.25, 0.3) is 0 Å². The van der Waals surface area contributed by atoms with Crippen LogP contribution in [-0.2, 0) is 10.0 Å². The summed E-state index contributed by atoms with van der Waals surface area (Å²) in [7, 11) is -2.02. The monoisotopic (exact) mass is 476 g/mol. The average molecular weight is 476 g/mol. The molecule has 0 saturated carbocycles. The molecule has 134 valence electrons. The number of anilines is 1. The first-order chi connectivity index (χ1) is 11.9. The molecule has 0 bridgehead atoms. The summed E-state index contributed by atoms with van der Waals surface area (Å²) in [6, 6.07) is 11.4. The maximum absolute atomic E-state index is 13.9. The van der Waals surface area contributed by atoms with Crippen LogP contribution in [0.2, 0.25) is 0 Å². The largest absolute Gasteiger partial charge is 0.496 e. The van der Waals surface area contributed by atoms with Crippen LogP contribution in [0.4, 0.5) is 10.1 Å². The Morgan fingerprint density at radius 2 is 1.76 bits per heavy atom. The molecule has 5 nitrogen and oxygen atoms in total. The molecular formula is C17H18FIN2O3S. The van der Waals surface area contributed by atoms with Gasteiger partial charge in [0.2, 0.25) is 10.0 Å². The summed E-state index contributed by atoms with van der Waals surface area (Å²) in [4.78, 5) is 2.12. The van der Waals surface area contributed by atoms with Crippen molar-refractivity contribution in [2.75, 3.05) is 38.2 Å². The van der Waals surface area contributed by atoms with E-state index in [0.29, 0.717) is 37.6 Å². The molecule has 1 fully saturated rings. The Bertz CT molecular complexity index is 868. The average Bonchev–Trinajstić information content (AvgIpc) is 2.62. The van der Waals surface area contributed by atoms with Crippen molar-refractivity contribution in [3.8, 4) is 5.75 Å². The second-order valence-electron chi connectivity index (χ2n) is 5.64. The Kier molecular flexibility index (Phi) is 5.49. The van der Waals surface area contributed by atoms with E-state index in [1.807, 2.05) is 4.90 Å². The van der Waals surface area contributed by atoms with Gasteiger partial charge < -0.3 is 9.64 Å². The molecule has 0 radical (unpaired) electrons. The zero-order valence-corrected chi connectivity index (χ0v) is 16.6. The predicted molar refractivity (Wildman–Crippen MR) is 103 cm³/mol. The molecule has 25 heavy (non-hydrogen) atoms. The number of hydrogen-bond donors (Lipinski definition) is 0. The molecule has 0 N–H and O–H groups in total. The van der Waals surface area contributed by atoms with Gasteiger partial charge in [0.15, 0.2) is 0 Å². The minimum atomic E-state index is -3.57. The highest BCUT2D eigenvalue weighted by Gasteiger charge is 2.29. The van der Waals surface area contributed by atoms with Crippen molar-refractivity contribution in [3.05, 3.63) is 51.9 Å². The van der Waals surface area contributed by atoms with Crippen molar-refractivity contribution in [2.45, 2.75) is 4.90 Å². The minimum Gasteiger partial charge on any atom is -0.496 e. The molecule has 0 aromatic heterocycles. The molecule has 0 amide bonds. The molecule has 0 aliphatic carbocycles. The van der Waals surface area contributed by atoms with Gasteiger partial charge in [0, 0.05) is 26.2 Å². The maximum atomic E-state index is 13.9. The minimum absolute atomic E-state index is 0.247. The first-order valence-corrected chi connectivity index (χ1v) is 10.3. The van der Waals surface area contributed by atoms with Crippen LogP contribution >= 0.6 is 22.6 Å². The third-order valence-electron chi connectivity index (χ3n) is 4.19. The predicted octanol–water partition coefficient (Wildman–Crippen LogP) is 2.95. The second kappa shape index (κ2) is 7.46. The number of hydrogen-bond acceptors (Lipinski definition) is 4. The van der Waals surface area contributed by atoms with Gasteiger partial charge in [0.05, 0.1) is 21.3 Å². The number of sulfonamides is 1. The van der Waals surface area contributed by atoms with Crippen LogP contribution in [0.15, 0.2) is 47.4 Å². The molecule has 0 spiro atoms. The Labute approximate surface area is 160 Å². The van der Waals surface area contributed by atoms with Gasteiger partial charge in [-0.3, -0.25) is 0 Å². The summed E-state index contributed by atoms with van der Waals surface area (Å²) in [6.07, 6.45) is 0. The highest BCUT2D eigenvalue weighted by molar-refractivity contribution is 14.1. The summed E-state index contributed by atoms with van der Waals surface area (Å²) in [5, 5.41) is 0. The van der Waals surface area contributed by atoms with E-state index in [9.17, 15) is 12.8 Å². The fourth-order valence-electron chi connectivity index (χ4n) is 2.83. The molecule has 2 aromatic rings. The van der Waals surface area contributed by atoms with E-state index in [4.69, 9.17) is 4.74 Å². The van der Waals surface area contributed by atoms with Crippen molar-refractivity contribution in [1.29, 1.82) is 0 Å².